The largest absolute Gasteiger partial charge is 0.479 e. The van der Waals surface area contributed by atoms with Gasteiger partial charge in [0.25, 0.3) is 0 Å². The molecule has 94 valence electrons. The molecule has 4 N–H and O–H groups in total. The molecule has 0 amide bonds. The van der Waals surface area contributed by atoms with Crippen LogP contribution in [0.3, 0.4) is 0 Å². The summed E-state index contributed by atoms with van der Waals surface area (Å²) < 4.78 is 0. The summed E-state index contributed by atoms with van der Waals surface area (Å²) in [4.78, 5) is 10.5. The maximum atomic E-state index is 10.5. The highest BCUT2D eigenvalue weighted by Gasteiger charge is 2.24. The third-order valence-corrected chi connectivity index (χ3v) is 2.50. The highest BCUT2D eigenvalue weighted by Crippen LogP contribution is 2.18. The average molecular weight is 240 g/mol. The van der Waals surface area contributed by atoms with Crippen LogP contribution in [-0.4, -0.2) is 39.1 Å². The Balaban J connectivity index is 2.69. The van der Waals surface area contributed by atoms with Crippen molar-refractivity contribution in [3.63, 3.8) is 0 Å². The van der Waals surface area contributed by atoms with Crippen molar-refractivity contribution in [2.75, 3.05) is 6.61 Å². The van der Waals surface area contributed by atoms with E-state index in [1.807, 2.05) is 0 Å². The molecule has 2 unspecified atom stereocenters. The Hall–Kier alpha value is -1.43. The fourth-order valence-corrected chi connectivity index (χ4v) is 1.48. The lowest BCUT2D eigenvalue weighted by molar-refractivity contribution is -0.153. The van der Waals surface area contributed by atoms with E-state index in [4.69, 9.17) is 10.2 Å². The molecule has 1 aromatic carbocycles. The van der Waals surface area contributed by atoms with Crippen LogP contribution in [0.4, 0.5) is 0 Å². The van der Waals surface area contributed by atoms with Gasteiger partial charge in [-0.3, -0.25) is 0 Å². The van der Waals surface area contributed by atoms with Crippen molar-refractivity contribution in [1.82, 2.24) is 0 Å². The van der Waals surface area contributed by atoms with E-state index < -0.39 is 18.2 Å². The third kappa shape index (κ3) is 3.81. The van der Waals surface area contributed by atoms with Crippen LogP contribution in [0.2, 0.25) is 0 Å². The Kier molecular flexibility index (Phi) is 5.09. The number of carbonyl (C=O) groups is 1. The molecule has 0 spiro atoms. The van der Waals surface area contributed by atoms with E-state index in [-0.39, 0.29) is 6.61 Å². The minimum Gasteiger partial charge on any atom is -0.479 e. The Morgan fingerprint density at radius 3 is 2.24 bits per heavy atom. The quantitative estimate of drug-likeness (QED) is 0.565. The second kappa shape index (κ2) is 6.34. The lowest BCUT2D eigenvalue weighted by Crippen LogP contribution is -2.27. The number of aryl methyl sites for hydroxylation is 1. The molecular weight excluding hydrogens is 224 g/mol. The number of aliphatic hydroxyl groups is 3. The van der Waals surface area contributed by atoms with Gasteiger partial charge in [-0.1, -0.05) is 24.3 Å². The first-order chi connectivity index (χ1) is 8.06. The molecule has 0 radical (unpaired) electrons. The molecule has 0 aliphatic carbocycles. The van der Waals surface area contributed by atoms with Crippen LogP contribution in [0.1, 0.15) is 23.7 Å². The van der Waals surface area contributed by atoms with Crippen molar-refractivity contribution in [2.45, 2.75) is 25.0 Å². The number of hydrogen-bond donors (Lipinski definition) is 4. The number of aliphatic hydroxyl groups excluding tert-OH is 3. The van der Waals surface area contributed by atoms with Gasteiger partial charge in [0, 0.05) is 6.61 Å². The van der Waals surface area contributed by atoms with Crippen molar-refractivity contribution in [3.8, 4) is 0 Å². The standard InChI is InChI=1S/C12H16O5/c13-7-1-2-8-3-5-9(6-4-8)10(14)11(15)12(16)17/h3-6,10-11,13-15H,1-2,7H2,(H,16,17). The van der Waals surface area contributed by atoms with E-state index in [2.05, 4.69) is 0 Å². The smallest absolute Gasteiger partial charge is 0.335 e. The number of aliphatic carboxylic acids is 1. The summed E-state index contributed by atoms with van der Waals surface area (Å²) in [6.45, 7) is 0.113. The first kappa shape index (κ1) is 13.6. The number of carboxylic acid groups (broad SMARTS) is 1. The summed E-state index contributed by atoms with van der Waals surface area (Å²) in [5.41, 5.74) is 1.34. The molecule has 0 aliphatic heterocycles. The van der Waals surface area contributed by atoms with Crippen LogP contribution in [0.25, 0.3) is 0 Å². The van der Waals surface area contributed by atoms with E-state index >= 15 is 0 Å². The van der Waals surface area contributed by atoms with Gasteiger partial charge in [0.1, 0.15) is 6.10 Å². The fourth-order valence-electron chi connectivity index (χ4n) is 1.48. The van der Waals surface area contributed by atoms with Crippen LogP contribution in [0, 0.1) is 0 Å². The Labute approximate surface area is 99.0 Å². The summed E-state index contributed by atoms with van der Waals surface area (Å²) in [6, 6.07) is 6.62. The summed E-state index contributed by atoms with van der Waals surface area (Å²) in [7, 11) is 0. The third-order valence-electron chi connectivity index (χ3n) is 2.50. The molecule has 0 aliphatic rings. The zero-order chi connectivity index (χ0) is 12.8. The maximum Gasteiger partial charge on any atom is 0.335 e. The maximum absolute atomic E-state index is 10.5. The first-order valence-corrected chi connectivity index (χ1v) is 5.35. The molecule has 2 atom stereocenters. The number of carboxylic acids is 1. The summed E-state index contributed by atoms with van der Waals surface area (Å²) in [6.07, 6.45) is -1.88. The van der Waals surface area contributed by atoms with Crippen molar-refractivity contribution >= 4 is 5.97 Å². The highest BCUT2D eigenvalue weighted by molar-refractivity contribution is 5.73. The van der Waals surface area contributed by atoms with E-state index in [9.17, 15) is 15.0 Å². The second-order valence-electron chi connectivity index (χ2n) is 3.80. The predicted octanol–water partition coefficient (Wildman–Crippen LogP) is 0.0904. The van der Waals surface area contributed by atoms with Gasteiger partial charge in [-0.25, -0.2) is 4.79 Å². The zero-order valence-electron chi connectivity index (χ0n) is 9.28. The van der Waals surface area contributed by atoms with Gasteiger partial charge in [0.05, 0.1) is 0 Å². The summed E-state index contributed by atoms with van der Waals surface area (Å²) in [5, 5.41) is 35.9. The van der Waals surface area contributed by atoms with Crippen LogP contribution < -0.4 is 0 Å². The average Bonchev–Trinajstić information content (AvgIpc) is 2.35. The Morgan fingerprint density at radius 2 is 1.76 bits per heavy atom. The van der Waals surface area contributed by atoms with Crippen LogP contribution in [0.15, 0.2) is 24.3 Å². The molecule has 1 aromatic rings. The van der Waals surface area contributed by atoms with Gasteiger partial charge in [-0.2, -0.15) is 0 Å². The van der Waals surface area contributed by atoms with Crippen molar-refractivity contribution in [2.24, 2.45) is 0 Å². The van der Waals surface area contributed by atoms with Crippen molar-refractivity contribution < 1.29 is 25.2 Å². The molecule has 0 saturated carbocycles. The van der Waals surface area contributed by atoms with Crippen LogP contribution in [-0.2, 0) is 11.2 Å². The predicted molar refractivity (Wildman–Crippen MR) is 60.5 cm³/mol. The van der Waals surface area contributed by atoms with Gasteiger partial charge < -0.3 is 20.4 Å². The number of rotatable bonds is 6. The summed E-state index contributed by atoms with van der Waals surface area (Å²) >= 11 is 0. The Morgan fingerprint density at radius 1 is 1.18 bits per heavy atom. The van der Waals surface area contributed by atoms with Gasteiger partial charge in [0.2, 0.25) is 0 Å². The van der Waals surface area contributed by atoms with Crippen LogP contribution in [0.5, 0.6) is 0 Å². The molecule has 0 bridgehead atoms. The monoisotopic (exact) mass is 240 g/mol. The number of hydrogen-bond acceptors (Lipinski definition) is 4. The topological polar surface area (TPSA) is 98.0 Å². The second-order valence-corrected chi connectivity index (χ2v) is 3.80. The van der Waals surface area contributed by atoms with Gasteiger partial charge in [-0.05, 0) is 24.0 Å². The van der Waals surface area contributed by atoms with Gasteiger partial charge in [-0.15, -0.1) is 0 Å². The molecule has 0 aromatic heterocycles. The van der Waals surface area contributed by atoms with Crippen LogP contribution >= 0.6 is 0 Å². The first-order valence-electron chi connectivity index (χ1n) is 5.35. The van der Waals surface area contributed by atoms with Gasteiger partial charge in [0.15, 0.2) is 6.10 Å². The zero-order valence-corrected chi connectivity index (χ0v) is 9.28. The lowest BCUT2D eigenvalue weighted by atomic mass is 10.0. The minimum atomic E-state index is -1.82. The molecule has 1 rings (SSSR count). The minimum absolute atomic E-state index is 0.113. The molecular formula is C12H16O5. The van der Waals surface area contributed by atoms with E-state index in [1.165, 1.54) is 0 Å². The Bertz CT molecular complexity index is 360. The van der Waals surface area contributed by atoms with Crippen molar-refractivity contribution in [3.05, 3.63) is 35.4 Å². The van der Waals surface area contributed by atoms with Crippen molar-refractivity contribution in [1.29, 1.82) is 0 Å². The number of benzene rings is 1. The molecule has 5 nitrogen and oxygen atoms in total. The highest BCUT2D eigenvalue weighted by atomic mass is 16.4. The molecule has 0 saturated heterocycles. The normalized spacial score (nSPS) is 14.3. The van der Waals surface area contributed by atoms with E-state index in [0.717, 1.165) is 5.56 Å². The van der Waals surface area contributed by atoms with Gasteiger partial charge >= 0.3 is 5.97 Å². The molecule has 0 heterocycles. The van der Waals surface area contributed by atoms with E-state index in [0.29, 0.717) is 18.4 Å². The summed E-state index contributed by atoms with van der Waals surface area (Å²) in [5.74, 6) is -1.46. The molecule has 0 fully saturated rings. The lowest BCUT2D eigenvalue weighted by Gasteiger charge is -2.14. The fraction of sp³-hybridized carbons (Fsp3) is 0.417. The molecule has 17 heavy (non-hydrogen) atoms. The SMILES string of the molecule is O=C(O)C(O)C(O)c1ccc(CCCO)cc1. The van der Waals surface area contributed by atoms with E-state index in [1.54, 1.807) is 24.3 Å². The molecule has 5 heteroatoms.